The van der Waals surface area contributed by atoms with Crippen molar-refractivity contribution in [1.29, 1.82) is 0 Å². The number of nitrogens with zero attached hydrogens (tertiary/aromatic N) is 1. The molecular formula is C41H38N2O8. The second-order valence-electron chi connectivity index (χ2n) is 13.0. The predicted octanol–water partition coefficient (Wildman–Crippen LogP) is 6.98. The summed E-state index contributed by atoms with van der Waals surface area (Å²) in [6, 6.07) is 23.6. The van der Waals surface area contributed by atoms with Gasteiger partial charge >= 0.3 is 11.9 Å². The molecule has 0 aromatic heterocycles. The quantitative estimate of drug-likeness (QED) is 0.0658. The maximum atomic E-state index is 13.8. The van der Waals surface area contributed by atoms with Gasteiger partial charge in [-0.2, -0.15) is 0 Å². The van der Waals surface area contributed by atoms with Crippen molar-refractivity contribution < 1.29 is 38.6 Å². The number of rotatable bonds is 13. The number of imide groups is 1. The summed E-state index contributed by atoms with van der Waals surface area (Å²) in [5.74, 6) is -3.15. The Balaban J connectivity index is 1.14. The summed E-state index contributed by atoms with van der Waals surface area (Å²) < 4.78 is 4.68. The minimum Gasteiger partial charge on any atom is -0.386 e. The first-order valence-electron chi connectivity index (χ1n) is 17.1. The van der Waals surface area contributed by atoms with E-state index in [1.54, 1.807) is 32.0 Å². The van der Waals surface area contributed by atoms with Crippen LogP contribution in [0.4, 0.5) is 11.4 Å². The maximum absolute atomic E-state index is 13.8. The zero-order valence-electron chi connectivity index (χ0n) is 28.9. The second-order valence-corrected chi connectivity index (χ2v) is 13.0. The molecule has 0 fully saturated rings. The summed E-state index contributed by atoms with van der Waals surface area (Å²) in [7, 11) is 0. The van der Waals surface area contributed by atoms with Crippen LogP contribution >= 0.6 is 0 Å². The first kappa shape index (κ1) is 35.1. The maximum Gasteiger partial charge on any atom is 0.346 e. The fourth-order valence-corrected chi connectivity index (χ4v) is 6.74. The van der Waals surface area contributed by atoms with Crippen molar-refractivity contribution in [1.82, 2.24) is 0 Å². The summed E-state index contributed by atoms with van der Waals surface area (Å²) in [5.41, 5.74) is 1.68. The van der Waals surface area contributed by atoms with Crippen LogP contribution in [0, 0.1) is 0 Å². The van der Waals surface area contributed by atoms with Crippen molar-refractivity contribution in [3.8, 4) is 0 Å². The number of amides is 2. The summed E-state index contributed by atoms with van der Waals surface area (Å²) in [6.07, 6.45) is 1.99. The molecule has 2 amide bonds. The van der Waals surface area contributed by atoms with Gasteiger partial charge in [-0.25, -0.2) is 14.5 Å². The fourth-order valence-electron chi connectivity index (χ4n) is 6.74. The lowest BCUT2D eigenvalue weighted by atomic mass is 9.83. The molecule has 260 valence electrons. The van der Waals surface area contributed by atoms with Crippen LogP contribution in [0.15, 0.2) is 84.9 Å². The number of hydrogen-bond donors (Lipinski definition) is 2. The Morgan fingerprint density at radius 2 is 1.14 bits per heavy atom. The van der Waals surface area contributed by atoms with Crippen LogP contribution in [0.3, 0.4) is 0 Å². The molecule has 0 aliphatic carbocycles. The lowest BCUT2D eigenvalue weighted by Crippen LogP contribution is -2.45. The van der Waals surface area contributed by atoms with Gasteiger partial charge in [0.2, 0.25) is 0 Å². The smallest absolute Gasteiger partial charge is 0.346 e. The Morgan fingerprint density at radius 1 is 0.627 bits per heavy atom. The molecule has 2 N–H and O–H groups in total. The van der Waals surface area contributed by atoms with Crippen molar-refractivity contribution >= 4 is 46.7 Å². The summed E-state index contributed by atoms with van der Waals surface area (Å²) in [4.78, 5) is 78.5. The Hall–Kier alpha value is -5.74. The number of nitrogens with one attached hydrogen (secondary N) is 1. The number of ether oxygens (including phenoxy) is 1. The standard InChI is InChI=1S/C41H38N2O8/c1-5-40(6-2,34(44)26-14-20-31-33(23-26)39(49)51-38(31)48)42-28-15-9-24(10-16-28)21-25-11-17-29(18-12-25)43-36(46)30-19-13-27(22-32(30)37(43)47)35(45)41(50,7-3)8-4/h9-20,22-23,42,50H,5-8,21H2,1-4H3. The van der Waals surface area contributed by atoms with Crippen molar-refractivity contribution in [3.63, 3.8) is 0 Å². The number of Topliss-reactive ketones (excluding diaryl/α,β-unsaturated/α-hetero) is 2. The third-order valence-electron chi connectivity index (χ3n) is 10.2. The Labute approximate surface area is 295 Å². The minimum absolute atomic E-state index is 0.0913. The van der Waals surface area contributed by atoms with E-state index in [1.165, 1.54) is 30.3 Å². The van der Waals surface area contributed by atoms with E-state index in [2.05, 4.69) is 10.1 Å². The van der Waals surface area contributed by atoms with Gasteiger partial charge in [0, 0.05) is 16.8 Å². The van der Waals surface area contributed by atoms with Gasteiger partial charge in [-0.3, -0.25) is 19.2 Å². The van der Waals surface area contributed by atoms with E-state index >= 15 is 0 Å². The highest BCUT2D eigenvalue weighted by Crippen LogP contribution is 2.33. The first-order chi connectivity index (χ1) is 24.4. The molecule has 10 heteroatoms. The summed E-state index contributed by atoms with van der Waals surface area (Å²) >= 11 is 0. The lowest BCUT2D eigenvalue weighted by molar-refractivity contribution is 0.0277. The fraction of sp³-hybridized carbons (Fsp3) is 0.268. The van der Waals surface area contributed by atoms with Gasteiger partial charge in [-0.15, -0.1) is 0 Å². The topological polar surface area (TPSA) is 147 Å². The van der Waals surface area contributed by atoms with Gasteiger partial charge in [0.25, 0.3) is 11.8 Å². The van der Waals surface area contributed by atoms with Crippen LogP contribution in [0.2, 0.25) is 0 Å². The average molecular weight is 687 g/mol. The third kappa shape index (κ3) is 6.16. The van der Waals surface area contributed by atoms with E-state index in [0.29, 0.717) is 30.5 Å². The number of benzene rings is 4. The number of anilines is 2. The van der Waals surface area contributed by atoms with E-state index in [-0.39, 0.29) is 46.4 Å². The number of aliphatic hydroxyl groups is 1. The number of ketones is 2. The zero-order valence-corrected chi connectivity index (χ0v) is 28.9. The average Bonchev–Trinajstić information content (AvgIpc) is 3.59. The molecule has 51 heavy (non-hydrogen) atoms. The van der Waals surface area contributed by atoms with Crippen LogP contribution in [0.1, 0.15) is 127 Å². The highest BCUT2D eigenvalue weighted by Gasteiger charge is 2.40. The monoisotopic (exact) mass is 686 g/mol. The Morgan fingerprint density at radius 3 is 1.73 bits per heavy atom. The lowest BCUT2D eigenvalue weighted by Gasteiger charge is -2.33. The zero-order chi connectivity index (χ0) is 36.7. The first-order valence-corrected chi connectivity index (χ1v) is 17.1. The Kier molecular flexibility index (Phi) is 9.31. The van der Waals surface area contributed by atoms with Crippen molar-refractivity contribution in [3.05, 3.63) is 129 Å². The highest BCUT2D eigenvalue weighted by atomic mass is 16.6. The number of fused-ring (bicyclic) bond motifs is 2. The largest absolute Gasteiger partial charge is 0.386 e. The molecule has 0 radical (unpaired) electrons. The van der Waals surface area contributed by atoms with E-state index in [1.807, 2.05) is 50.2 Å². The molecule has 0 bridgehead atoms. The van der Waals surface area contributed by atoms with Crippen LogP contribution < -0.4 is 10.2 Å². The molecule has 6 rings (SSSR count). The number of cyclic esters (lactones) is 2. The molecule has 4 aromatic carbocycles. The molecule has 0 spiro atoms. The molecule has 10 nitrogen and oxygen atoms in total. The van der Waals surface area contributed by atoms with Crippen LogP contribution in [-0.2, 0) is 11.2 Å². The molecule has 4 aromatic rings. The highest BCUT2D eigenvalue weighted by molar-refractivity contribution is 6.34. The molecule has 2 aliphatic heterocycles. The Bertz CT molecular complexity index is 2090. The van der Waals surface area contributed by atoms with Gasteiger partial charge in [0.1, 0.15) is 11.1 Å². The number of esters is 2. The van der Waals surface area contributed by atoms with Crippen LogP contribution in [0.25, 0.3) is 0 Å². The van der Waals surface area contributed by atoms with Gasteiger partial charge < -0.3 is 15.2 Å². The van der Waals surface area contributed by atoms with E-state index in [9.17, 15) is 33.9 Å². The minimum atomic E-state index is -1.53. The molecule has 0 saturated carbocycles. The van der Waals surface area contributed by atoms with Crippen LogP contribution in [0.5, 0.6) is 0 Å². The molecule has 0 saturated heterocycles. The van der Waals surface area contributed by atoms with E-state index < -0.39 is 40.7 Å². The van der Waals surface area contributed by atoms with Crippen molar-refractivity contribution in [2.75, 3.05) is 10.2 Å². The van der Waals surface area contributed by atoms with Crippen LogP contribution in [-0.4, -0.2) is 51.6 Å². The molecule has 2 aliphatic rings. The van der Waals surface area contributed by atoms with E-state index in [0.717, 1.165) is 21.7 Å². The number of hydrogen-bond acceptors (Lipinski definition) is 9. The van der Waals surface area contributed by atoms with E-state index in [4.69, 9.17) is 0 Å². The van der Waals surface area contributed by atoms with Gasteiger partial charge in [-0.1, -0.05) is 64.1 Å². The van der Waals surface area contributed by atoms with Crippen molar-refractivity contribution in [2.45, 2.75) is 70.9 Å². The SMILES string of the molecule is CCC(O)(CC)C(=O)c1ccc2c(c1)C(=O)N(c1ccc(Cc3ccc(NC(CC)(CC)C(=O)c4ccc5c(c4)C(=O)OC5=O)cc3)cc1)C2=O. The van der Waals surface area contributed by atoms with Gasteiger partial charge in [-0.05, 0) is 91.8 Å². The van der Waals surface area contributed by atoms with Gasteiger partial charge in [0.05, 0.1) is 27.9 Å². The molecular weight excluding hydrogens is 648 g/mol. The molecule has 2 heterocycles. The second kappa shape index (κ2) is 13.5. The molecule has 0 unspecified atom stereocenters. The third-order valence-corrected chi connectivity index (χ3v) is 10.2. The number of carbonyl (C=O) groups is 6. The normalized spacial score (nSPS) is 14.0. The predicted molar refractivity (Wildman–Crippen MR) is 191 cm³/mol. The number of carbonyl (C=O) groups excluding carboxylic acids is 6. The van der Waals surface area contributed by atoms with Gasteiger partial charge in [0.15, 0.2) is 11.6 Å². The van der Waals surface area contributed by atoms with Crippen molar-refractivity contribution in [2.24, 2.45) is 0 Å². The summed E-state index contributed by atoms with van der Waals surface area (Å²) in [6.45, 7) is 7.28. The summed E-state index contributed by atoms with van der Waals surface area (Å²) in [5, 5.41) is 14.1. The molecule has 0 atom stereocenters.